The molecule has 6 unspecified atom stereocenters. The van der Waals surface area contributed by atoms with E-state index in [1.165, 1.54) is 0 Å². The topological polar surface area (TPSA) is 46.2 Å². The van der Waals surface area contributed by atoms with Crippen LogP contribution in [0.2, 0.25) is 0 Å². The summed E-state index contributed by atoms with van der Waals surface area (Å²) in [6.07, 6.45) is 6.14. The molecule has 2 aliphatic rings. The highest BCUT2D eigenvalue weighted by Gasteiger charge is 2.42. The SMILES string of the molecule is COc1ccc(C2OC(C3=CC(OC)C(OC)C=C3)C(C)C2C)cc1OC. The first kappa shape index (κ1) is 19.9. The third-order valence-corrected chi connectivity index (χ3v) is 5.85. The first-order valence-corrected chi connectivity index (χ1v) is 9.36. The Morgan fingerprint density at radius 3 is 2.11 bits per heavy atom. The molecular formula is C22H30O5. The zero-order valence-electron chi connectivity index (χ0n) is 17.0. The van der Waals surface area contributed by atoms with E-state index >= 15 is 0 Å². The largest absolute Gasteiger partial charge is 0.493 e. The predicted molar refractivity (Wildman–Crippen MR) is 104 cm³/mol. The number of hydrogen-bond donors (Lipinski definition) is 0. The highest BCUT2D eigenvalue weighted by Crippen LogP contribution is 2.46. The van der Waals surface area contributed by atoms with Gasteiger partial charge in [0.1, 0.15) is 12.2 Å². The van der Waals surface area contributed by atoms with Crippen LogP contribution in [-0.2, 0) is 14.2 Å². The fourth-order valence-corrected chi connectivity index (χ4v) is 4.01. The molecule has 1 aliphatic carbocycles. The van der Waals surface area contributed by atoms with Crippen molar-refractivity contribution in [3.63, 3.8) is 0 Å². The van der Waals surface area contributed by atoms with E-state index in [0.29, 0.717) is 11.8 Å². The summed E-state index contributed by atoms with van der Waals surface area (Å²) >= 11 is 0. The third-order valence-electron chi connectivity index (χ3n) is 5.85. The van der Waals surface area contributed by atoms with Gasteiger partial charge in [-0.1, -0.05) is 32.1 Å². The molecule has 148 valence electrons. The molecule has 5 nitrogen and oxygen atoms in total. The van der Waals surface area contributed by atoms with Gasteiger partial charge in [0, 0.05) is 14.2 Å². The van der Waals surface area contributed by atoms with Crippen LogP contribution in [0.4, 0.5) is 0 Å². The van der Waals surface area contributed by atoms with E-state index in [0.717, 1.165) is 22.6 Å². The summed E-state index contributed by atoms with van der Waals surface area (Å²) in [6.45, 7) is 4.49. The molecule has 0 radical (unpaired) electrons. The van der Waals surface area contributed by atoms with Crippen LogP contribution in [0.1, 0.15) is 25.5 Å². The van der Waals surface area contributed by atoms with Crippen molar-refractivity contribution in [2.24, 2.45) is 11.8 Å². The predicted octanol–water partition coefficient (Wildman–Crippen LogP) is 3.94. The molecule has 1 saturated heterocycles. The summed E-state index contributed by atoms with van der Waals surface area (Å²) in [4.78, 5) is 0. The Bertz CT molecular complexity index is 711. The number of methoxy groups -OCH3 is 4. The highest BCUT2D eigenvalue weighted by molar-refractivity contribution is 5.44. The van der Waals surface area contributed by atoms with Crippen LogP contribution in [0.5, 0.6) is 11.5 Å². The number of rotatable bonds is 6. The fourth-order valence-electron chi connectivity index (χ4n) is 4.01. The van der Waals surface area contributed by atoms with Crippen molar-refractivity contribution in [1.29, 1.82) is 0 Å². The van der Waals surface area contributed by atoms with Crippen LogP contribution in [0.25, 0.3) is 0 Å². The maximum Gasteiger partial charge on any atom is 0.161 e. The standard InChI is InChI=1S/C22H30O5/c1-13-14(2)22(16-8-10-18(24-4)20(12-16)26-6)27-21(13)15-7-9-17(23-3)19(11-15)25-5/h7-14,17,19,21-22H,1-6H3. The van der Waals surface area contributed by atoms with Gasteiger partial charge in [0.05, 0.1) is 26.4 Å². The van der Waals surface area contributed by atoms with Crippen LogP contribution < -0.4 is 9.47 Å². The van der Waals surface area contributed by atoms with Crippen molar-refractivity contribution >= 4 is 0 Å². The third kappa shape index (κ3) is 3.77. The molecule has 0 N–H and O–H groups in total. The van der Waals surface area contributed by atoms with Crippen molar-refractivity contribution in [3.8, 4) is 11.5 Å². The lowest BCUT2D eigenvalue weighted by atomic mass is 9.84. The monoisotopic (exact) mass is 374 g/mol. The molecule has 1 fully saturated rings. The Balaban J connectivity index is 1.84. The van der Waals surface area contributed by atoms with Gasteiger partial charge in [0.15, 0.2) is 11.5 Å². The van der Waals surface area contributed by atoms with Crippen LogP contribution in [-0.4, -0.2) is 46.8 Å². The zero-order chi connectivity index (χ0) is 19.6. The van der Waals surface area contributed by atoms with E-state index in [-0.39, 0.29) is 24.4 Å². The molecule has 0 aromatic heterocycles. The summed E-state index contributed by atoms with van der Waals surface area (Å²) in [6, 6.07) is 6.01. The zero-order valence-corrected chi connectivity index (χ0v) is 17.0. The molecule has 0 saturated carbocycles. The molecule has 1 aliphatic heterocycles. The maximum absolute atomic E-state index is 6.53. The van der Waals surface area contributed by atoms with Crippen LogP contribution in [0.15, 0.2) is 42.0 Å². The molecule has 5 heteroatoms. The fraction of sp³-hybridized carbons (Fsp3) is 0.545. The van der Waals surface area contributed by atoms with Gasteiger partial charge < -0.3 is 23.7 Å². The van der Waals surface area contributed by atoms with Crippen molar-refractivity contribution < 1.29 is 23.7 Å². The molecule has 6 atom stereocenters. The lowest BCUT2D eigenvalue weighted by molar-refractivity contribution is 0.00976. The Labute approximate surface area is 161 Å². The maximum atomic E-state index is 6.53. The minimum absolute atomic E-state index is 0.000231. The first-order valence-electron chi connectivity index (χ1n) is 9.36. The molecule has 0 bridgehead atoms. The second kappa shape index (κ2) is 8.46. The van der Waals surface area contributed by atoms with E-state index in [9.17, 15) is 0 Å². The van der Waals surface area contributed by atoms with Gasteiger partial charge in [-0.25, -0.2) is 0 Å². The summed E-state index contributed by atoms with van der Waals surface area (Å²) in [5, 5.41) is 0. The van der Waals surface area contributed by atoms with Crippen LogP contribution in [0.3, 0.4) is 0 Å². The average molecular weight is 374 g/mol. The lowest BCUT2D eigenvalue weighted by Crippen LogP contribution is -2.31. The van der Waals surface area contributed by atoms with E-state index < -0.39 is 0 Å². The Morgan fingerprint density at radius 2 is 1.48 bits per heavy atom. The quantitative estimate of drug-likeness (QED) is 0.755. The molecule has 27 heavy (non-hydrogen) atoms. The molecule has 0 amide bonds. The summed E-state index contributed by atoms with van der Waals surface area (Å²) < 4.78 is 28.4. The van der Waals surface area contributed by atoms with Crippen molar-refractivity contribution in [2.45, 2.75) is 38.3 Å². The number of ether oxygens (including phenoxy) is 5. The molecule has 1 heterocycles. The molecular weight excluding hydrogens is 344 g/mol. The van der Waals surface area contributed by atoms with Gasteiger partial charge >= 0.3 is 0 Å². The summed E-state index contributed by atoms with van der Waals surface area (Å²) in [5.74, 6) is 2.18. The second-order valence-corrected chi connectivity index (χ2v) is 7.24. The molecule has 1 aromatic rings. The average Bonchev–Trinajstić information content (AvgIpc) is 3.01. The molecule has 1 aromatic carbocycles. The van der Waals surface area contributed by atoms with Crippen molar-refractivity contribution in [1.82, 2.24) is 0 Å². The van der Waals surface area contributed by atoms with Crippen LogP contribution >= 0.6 is 0 Å². The summed E-state index contributed by atoms with van der Waals surface area (Å²) in [7, 11) is 6.70. The lowest BCUT2D eigenvalue weighted by Gasteiger charge is -2.27. The van der Waals surface area contributed by atoms with Gasteiger partial charge in [-0.2, -0.15) is 0 Å². The molecule has 3 rings (SSSR count). The minimum Gasteiger partial charge on any atom is -0.493 e. The summed E-state index contributed by atoms with van der Waals surface area (Å²) in [5.41, 5.74) is 2.26. The van der Waals surface area contributed by atoms with E-state index in [1.54, 1.807) is 28.4 Å². The van der Waals surface area contributed by atoms with Gasteiger partial charge in [-0.05, 0) is 41.2 Å². The Hall–Kier alpha value is -1.82. The number of benzene rings is 1. The smallest absolute Gasteiger partial charge is 0.161 e. The van der Waals surface area contributed by atoms with Gasteiger partial charge in [0.25, 0.3) is 0 Å². The Kier molecular flexibility index (Phi) is 6.25. The van der Waals surface area contributed by atoms with Gasteiger partial charge in [0.2, 0.25) is 0 Å². The van der Waals surface area contributed by atoms with Crippen molar-refractivity contribution in [3.05, 3.63) is 47.6 Å². The number of hydrogen-bond acceptors (Lipinski definition) is 5. The van der Waals surface area contributed by atoms with Crippen LogP contribution in [0, 0.1) is 11.8 Å². The van der Waals surface area contributed by atoms with E-state index in [4.69, 9.17) is 23.7 Å². The second-order valence-electron chi connectivity index (χ2n) is 7.24. The van der Waals surface area contributed by atoms with Crippen molar-refractivity contribution in [2.75, 3.05) is 28.4 Å². The van der Waals surface area contributed by atoms with Gasteiger partial charge in [-0.15, -0.1) is 0 Å². The Morgan fingerprint density at radius 1 is 0.815 bits per heavy atom. The molecule has 0 spiro atoms. The first-order chi connectivity index (χ1) is 13.0. The highest BCUT2D eigenvalue weighted by atomic mass is 16.5. The van der Waals surface area contributed by atoms with E-state index in [2.05, 4.69) is 32.1 Å². The van der Waals surface area contributed by atoms with E-state index in [1.807, 2.05) is 18.2 Å². The normalized spacial score (nSPS) is 33.0. The van der Waals surface area contributed by atoms with Gasteiger partial charge in [-0.3, -0.25) is 0 Å². The minimum atomic E-state index is -0.0961.